The van der Waals surface area contributed by atoms with E-state index in [9.17, 15) is 19.2 Å². The van der Waals surface area contributed by atoms with Crippen molar-refractivity contribution in [3.63, 3.8) is 0 Å². The number of carbonyl (C=O) groups is 4. The van der Waals surface area contributed by atoms with E-state index in [1.54, 1.807) is 25.2 Å². The van der Waals surface area contributed by atoms with Crippen molar-refractivity contribution >= 4 is 51.0 Å². The highest BCUT2D eigenvalue weighted by molar-refractivity contribution is 7.18. The van der Waals surface area contributed by atoms with Crippen molar-refractivity contribution in [1.82, 2.24) is 10.3 Å². The fourth-order valence-corrected chi connectivity index (χ4v) is 4.89. The van der Waals surface area contributed by atoms with E-state index in [4.69, 9.17) is 9.47 Å². The van der Waals surface area contributed by atoms with Crippen molar-refractivity contribution in [2.75, 3.05) is 25.1 Å². The van der Waals surface area contributed by atoms with Gasteiger partial charge >= 0.3 is 11.9 Å². The Bertz CT molecular complexity index is 1270. The number of anilines is 1. The predicted octanol–water partition coefficient (Wildman–Crippen LogP) is 4.36. The zero-order valence-corrected chi connectivity index (χ0v) is 23.4. The number of fused-ring (bicyclic) bond motifs is 1. The molecule has 0 spiro atoms. The second kappa shape index (κ2) is 15.0. The van der Waals surface area contributed by atoms with Crippen LogP contribution >= 0.6 is 11.3 Å². The number of thiazole rings is 1. The number of carbonyl (C=O) groups excluding carboxylic acids is 4. The second-order valence-electron chi connectivity index (χ2n) is 8.99. The lowest BCUT2D eigenvalue weighted by Gasteiger charge is -2.14. The minimum absolute atomic E-state index is 0.104. The molecule has 2 amide bonds. The second-order valence-corrected chi connectivity index (χ2v) is 10.2. The minimum Gasteiger partial charge on any atom is -0.465 e. The SMILES string of the molecule is CCOC(=O)C(Cc1ccc(CCCC(=O)NCCC(=O)Nc2ccc3nc(C)sc3c2)cc1)C(=O)OCC. The lowest BCUT2D eigenvalue weighted by molar-refractivity contribution is -0.161. The Morgan fingerprint density at radius 2 is 1.56 bits per heavy atom. The molecule has 0 saturated heterocycles. The van der Waals surface area contributed by atoms with E-state index >= 15 is 0 Å². The molecule has 1 heterocycles. The summed E-state index contributed by atoms with van der Waals surface area (Å²) in [6.07, 6.45) is 2.09. The molecule has 0 aliphatic heterocycles. The van der Waals surface area contributed by atoms with Crippen LogP contribution in [0.2, 0.25) is 0 Å². The number of nitrogens with zero attached hydrogens (tertiary/aromatic N) is 1. The summed E-state index contributed by atoms with van der Waals surface area (Å²) in [4.78, 5) is 53.2. The molecule has 0 fully saturated rings. The topological polar surface area (TPSA) is 124 Å². The Hall–Kier alpha value is -3.79. The molecule has 0 atom stereocenters. The molecular formula is C29H35N3O6S. The van der Waals surface area contributed by atoms with Gasteiger partial charge in [0, 0.05) is 25.1 Å². The highest BCUT2D eigenvalue weighted by Gasteiger charge is 2.29. The highest BCUT2D eigenvalue weighted by Crippen LogP contribution is 2.24. The van der Waals surface area contributed by atoms with Gasteiger partial charge in [0.15, 0.2) is 5.92 Å². The number of nitrogens with one attached hydrogen (secondary N) is 2. The number of aromatic nitrogens is 1. The first-order valence-electron chi connectivity index (χ1n) is 13.1. The van der Waals surface area contributed by atoms with Gasteiger partial charge in [-0.25, -0.2) is 4.98 Å². The molecule has 208 valence electrons. The number of amides is 2. The van der Waals surface area contributed by atoms with Crippen LogP contribution < -0.4 is 10.6 Å². The molecule has 0 unspecified atom stereocenters. The first-order chi connectivity index (χ1) is 18.8. The van der Waals surface area contributed by atoms with Crippen LogP contribution in [0.15, 0.2) is 42.5 Å². The van der Waals surface area contributed by atoms with Crippen molar-refractivity contribution in [2.24, 2.45) is 5.92 Å². The van der Waals surface area contributed by atoms with Gasteiger partial charge in [-0.3, -0.25) is 19.2 Å². The molecule has 2 aromatic carbocycles. The summed E-state index contributed by atoms with van der Waals surface area (Å²) >= 11 is 1.58. The van der Waals surface area contributed by atoms with E-state index in [0.29, 0.717) is 24.9 Å². The number of hydrogen-bond acceptors (Lipinski definition) is 8. The van der Waals surface area contributed by atoms with Gasteiger partial charge in [-0.05, 0) is 69.4 Å². The third-order valence-corrected chi connectivity index (χ3v) is 6.86. The van der Waals surface area contributed by atoms with E-state index in [1.165, 1.54) is 0 Å². The van der Waals surface area contributed by atoms with Crippen LogP contribution in [0.5, 0.6) is 0 Å². The van der Waals surface area contributed by atoms with Gasteiger partial charge in [0.2, 0.25) is 11.8 Å². The summed E-state index contributed by atoms with van der Waals surface area (Å²) in [5, 5.41) is 6.63. The largest absolute Gasteiger partial charge is 0.465 e. The average molecular weight is 554 g/mol. The van der Waals surface area contributed by atoms with Crippen molar-refractivity contribution in [2.45, 2.75) is 52.9 Å². The van der Waals surface area contributed by atoms with E-state index in [0.717, 1.165) is 26.4 Å². The van der Waals surface area contributed by atoms with Crippen molar-refractivity contribution < 1.29 is 28.7 Å². The lowest BCUT2D eigenvalue weighted by atomic mass is 9.97. The number of rotatable bonds is 14. The van der Waals surface area contributed by atoms with Crippen LogP contribution in [-0.4, -0.2) is 48.5 Å². The monoisotopic (exact) mass is 553 g/mol. The summed E-state index contributed by atoms with van der Waals surface area (Å²) in [5.74, 6) is -2.43. The minimum atomic E-state index is -0.993. The average Bonchev–Trinajstić information content (AvgIpc) is 3.27. The quantitative estimate of drug-likeness (QED) is 0.225. The van der Waals surface area contributed by atoms with E-state index in [2.05, 4.69) is 15.6 Å². The molecule has 0 aliphatic carbocycles. The van der Waals surface area contributed by atoms with Crippen LogP contribution in [-0.2, 0) is 41.5 Å². The third kappa shape index (κ3) is 9.47. The van der Waals surface area contributed by atoms with Crippen LogP contribution in [0.1, 0.15) is 49.2 Å². The van der Waals surface area contributed by atoms with E-state index in [1.807, 2.05) is 49.4 Å². The normalized spacial score (nSPS) is 10.9. The zero-order valence-electron chi connectivity index (χ0n) is 22.6. The lowest BCUT2D eigenvalue weighted by Crippen LogP contribution is -2.30. The summed E-state index contributed by atoms with van der Waals surface area (Å²) in [7, 11) is 0. The van der Waals surface area contributed by atoms with Crippen molar-refractivity contribution in [3.05, 3.63) is 58.6 Å². The number of aryl methyl sites for hydroxylation is 2. The van der Waals surface area contributed by atoms with Gasteiger partial charge in [-0.1, -0.05) is 24.3 Å². The molecule has 0 radical (unpaired) electrons. The highest BCUT2D eigenvalue weighted by atomic mass is 32.1. The molecule has 39 heavy (non-hydrogen) atoms. The summed E-state index contributed by atoms with van der Waals surface area (Å²) in [6.45, 7) is 5.99. The fraction of sp³-hybridized carbons (Fsp3) is 0.414. The van der Waals surface area contributed by atoms with Gasteiger partial charge in [-0.15, -0.1) is 11.3 Å². The van der Waals surface area contributed by atoms with Gasteiger partial charge in [0.25, 0.3) is 0 Å². The summed E-state index contributed by atoms with van der Waals surface area (Å²) in [6, 6.07) is 13.2. The van der Waals surface area contributed by atoms with Gasteiger partial charge < -0.3 is 20.1 Å². The zero-order chi connectivity index (χ0) is 28.2. The summed E-state index contributed by atoms with van der Waals surface area (Å²) in [5.41, 5.74) is 3.49. The molecule has 9 nitrogen and oxygen atoms in total. The van der Waals surface area contributed by atoms with Gasteiger partial charge in [-0.2, -0.15) is 0 Å². The number of hydrogen-bond donors (Lipinski definition) is 2. The van der Waals surface area contributed by atoms with Gasteiger partial charge in [0.05, 0.1) is 28.4 Å². The smallest absolute Gasteiger partial charge is 0.320 e. The number of esters is 2. The Morgan fingerprint density at radius 1 is 0.897 bits per heavy atom. The Labute approximate surface area is 232 Å². The molecule has 10 heteroatoms. The fourth-order valence-electron chi connectivity index (χ4n) is 4.02. The van der Waals surface area contributed by atoms with Crippen LogP contribution in [0.4, 0.5) is 5.69 Å². The standard InChI is InChI=1S/C29H35N3O6S/c1-4-37-28(35)23(29(36)38-5-2)17-21-11-9-20(10-12-21)7-6-8-26(33)30-16-15-27(34)32-22-13-14-24-25(18-22)39-19(3)31-24/h9-14,18,23H,4-8,15-17H2,1-3H3,(H,30,33)(H,32,34). The van der Waals surface area contributed by atoms with E-state index in [-0.39, 0.29) is 44.4 Å². The Morgan fingerprint density at radius 3 is 2.23 bits per heavy atom. The third-order valence-electron chi connectivity index (χ3n) is 5.93. The molecule has 2 N–H and O–H groups in total. The maximum atomic E-state index is 12.2. The molecule has 0 bridgehead atoms. The van der Waals surface area contributed by atoms with Crippen molar-refractivity contribution in [3.8, 4) is 0 Å². The Kier molecular flexibility index (Phi) is 11.4. The molecule has 3 aromatic rings. The number of benzene rings is 2. The molecular weight excluding hydrogens is 518 g/mol. The maximum absolute atomic E-state index is 12.2. The van der Waals surface area contributed by atoms with Crippen LogP contribution in [0.3, 0.4) is 0 Å². The number of ether oxygens (including phenoxy) is 2. The molecule has 3 rings (SSSR count). The van der Waals surface area contributed by atoms with Crippen molar-refractivity contribution in [1.29, 1.82) is 0 Å². The summed E-state index contributed by atoms with van der Waals surface area (Å²) < 4.78 is 11.1. The van der Waals surface area contributed by atoms with E-state index < -0.39 is 17.9 Å². The first kappa shape index (κ1) is 29.8. The van der Waals surface area contributed by atoms with Crippen LogP contribution in [0.25, 0.3) is 10.2 Å². The first-order valence-corrected chi connectivity index (χ1v) is 14.0. The van der Waals surface area contributed by atoms with Crippen LogP contribution in [0, 0.1) is 12.8 Å². The Balaban J connectivity index is 1.36. The maximum Gasteiger partial charge on any atom is 0.320 e. The molecule has 1 aromatic heterocycles. The molecule has 0 saturated carbocycles. The predicted molar refractivity (Wildman–Crippen MR) is 150 cm³/mol. The molecule has 0 aliphatic rings. The van der Waals surface area contributed by atoms with Gasteiger partial charge in [0.1, 0.15) is 0 Å².